The molecule has 8 nitrogen and oxygen atoms in total. The fraction of sp³-hybridized carbons (Fsp3) is 0.400. The maximum absolute atomic E-state index is 12.3. The lowest BCUT2D eigenvalue weighted by Gasteiger charge is -2.06. The zero-order chi connectivity index (χ0) is 16.8. The quantitative estimate of drug-likeness (QED) is 0.876. The van der Waals surface area contributed by atoms with E-state index in [0.29, 0.717) is 11.5 Å². The molecule has 0 aliphatic heterocycles. The van der Waals surface area contributed by atoms with E-state index < -0.39 is 23.2 Å². The number of aryl methyl sites for hydroxylation is 1. The first-order chi connectivity index (χ1) is 10.8. The topological polar surface area (TPSA) is 110 Å². The number of carbonyl (C=O) groups excluding carboxylic acids is 1. The molecule has 120 valence electrons. The van der Waals surface area contributed by atoms with Gasteiger partial charge in [-0.2, -0.15) is 4.80 Å². The summed E-state index contributed by atoms with van der Waals surface area (Å²) in [5.41, 5.74) is 0.875. The highest BCUT2D eigenvalue weighted by Crippen LogP contribution is 2.58. The van der Waals surface area contributed by atoms with E-state index in [2.05, 4.69) is 20.7 Å². The van der Waals surface area contributed by atoms with E-state index in [1.165, 1.54) is 4.80 Å². The summed E-state index contributed by atoms with van der Waals surface area (Å²) in [4.78, 5) is 24.8. The Morgan fingerprint density at radius 3 is 2.35 bits per heavy atom. The molecule has 0 spiro atoms. The first kappa shape index (κ1) is 15.1. The average Bonchev–Trinajstić information content (AvgIpc) is 2.83. The van der Waals surface area contributed by atoms with Gasteiger partial charge in [0.25, 0.3) is 0 Å². The molecule has 3 rings (SSSR count). The lowest BCUT2D eigenvalue weighted by atomic mass is 10.1. The minimum atomic E-state index is -0.931. The highest BCUT2D eigenvalue weighted by molar-refractivity contribution is 5.99. The molecule has 1 heterocycles. The van der Waals surface area contributed by atoms with Crippen molar-refractivity contribution in [3.63, 3.8) is 0 Å². The van der Waals surface area contributed by atoms with Crippen LogP contribution < -0.4 is 5.32 Å². The molecule has 0 radical (unpaired) electrons. The van der Waals surface area contributed by atoms with E-state index in [1.54, 1.807) is 45.2 Å². The normalized spacial score (nSPS) is 21.7. The monoisotopic (exact) mass is 315 g/mol. The highest BCUT2D eigenvalue weighted by Gasteiger charge is 2.65. The predicted octanol–water partition coefficient (Wildman–Crippen LogP) is 1.17. The lowest BCUT2D eigenvalue weighted by molar-refractivity contribution is -0.140. The number of anilines is 1. The minimum Gasteiger partial charge on any atom is -0.481 e. The zero-order valence-electron chi connectivity index (χ0n) is 13.0. The third-order valence-corrected chi connectivity index (χ3v) is 4.29. The molecule has 1 aliphatic carbocycles. The van der Waals surface area contributed by atoms with Crippen LogP contribution in [0, 0.1) is 17.3 Å². The van der Waals surface area contributed by atoms with Crippen molar-refractivity contribution in [1.29, 1.82) is 0 Å². The maximum Gasteiger partial charge on any atom is 0.307 e. The number of carboxylic acids is 1. The molecular weight excluding hydrogens is 298 g/mol. The van der Waals surface area contributed by atoms with Gasteiger partial charge >= 0.3 is 5.97 Å². The van der Waals surface area contributed by atoms with Gasteiger partial charge in [-0.15, -0.1) is 10.2 Å². The number of rotatable bonds is 4. The van der Waals surface area contributed by atoms with Gasteiger partial charge in [0.15, 0.2) is 0 Å². The third kappa shape index (κ3) is 2.67. The molecule has 1 aliphatic rings. The van der Waals surface area contributed by atoms with Crippen molar-refractivity contribution in [2.24, 2.45) is 24.3 Å². The molecule has 1 fully saturated rings. The second kappa shape index (κ2) is 5.15. The molecule has 1 amide bonds. The fourth-order valence-corrected chi connectivity index (χ4v) is 2.91. The summed E-state index contributed by atoms with van der Waals surface area (Å²) in [6, 6.07) is 7.02. The van der Waals surface area contributed by atoms with Crippen molar-refractivity contribution < 1.29 is 14.7 Å². The summed E-state index contributed by atoms with van der Waals surface area (Å²) >= 11 is 0. The van der Waals surface area contributed by atoms with Crippen LogP contribution in [-0.2, 0) is 16.6 Å². The summed E-state index contributed by atoms with van der Waals surface area (Å²) in [5, 5.41) is 23.7. The van der Waals surface area contributed by atoms with E-state index in [-0.39, 0.29) is 5.91 Å². The molecule has 23 heavy (non-hydrogen) atoms. The van der Waals surface area contributed by atoms with E-state index >= 15 is 0 Å². The van der Waals surface area contributed by atoms with Gasteiger partial charge in [0, 0.05) is 11.3 Å². The third-order valence-electron chi connectivity index (χ3n) is 4.29. The summed E-state index contributed by atoms with van der Waals surface area (Å²) in [6.07, 6.45) is 0. The fourth-order valence-electron chi connectivity index (χ4n) is 2.91. The van der Waals surface area contributed by atoms with E-state index in [9.17, 15) is 9.59 Å². The van der Waals surface area contributed by atoms with Crippen molar-refractivity contribution in [2.75, 3.05) is 5.32 Å². The Bertz CT molecular complexity index is 766. The van der Waals surface area contributed by atoms with Crippen LogP contribution in [-0.4, -0.2) is 37.2 Å². The Morgan fingerprint density at radius 1 is 1.22 bits per heavy atom. The number of hydrogen-bond donors (Lipinski definition) is 2. The van der Waals surface area contributed by atoms with Gasteiger partial charge in [-0.3, -0.25) is 9.59 Å². The number of aliphatic carboxylic acids is 1. The second-order valence-electron chi connectivity index (χ2n) is 6.28. The summed E-state index contributed by atoms with van der Waals surface area (Å²) < 4.78 is 0. The number of carboxylic acid groups (broad SMARTS) is 1. The number of aromatic nitrogens is 4. The van der Waals surface area contributed by atoms with Gasteiger partial charge in [-0.05, 0) is 34.9 Å². The molecule has 2 atom stereocenters. The Kier molecular flexibility index (Phi) is 3.39. The summed E-state index contributed by atoms with van der Waals surface area (Å²) in [5.74, 6) is -1.85. The van der Waals surface area contributed by atoms with Crippen LogP contribution in [0.25, 0.3) is 11.4 Å². The van der Waals surface area contributed by atoms with Gasteiger partial charge in [0.1, 0.15) is 0 Å². The number of nitrogens with one attached hydrogen (secondary N) is 1. The SMILES string of the molecule is Cn1nnc(-c2ccc(NC(=O)[C@H]3[C@H](C(=O)O)C3(C)C)cc2)n1. The van der Waals surface area contributed by atoms with Gasteiger partial charge < -0.3 is 10.4 Å². The highest BCUT2D eigenvalue weighted by atomic mass is 16.4. The van der Waals surface area contributed by atoms with Crippen molar-refractivity contribution in [3.8, 4) is 11.4 Å². The van der Waals surface area contributed by atoms with Crippen LogP contribution in [0.4, 0.5) is 5.69 Å². The van der Waals surface area contributed by atoms with E-state index in [0.717, 1.165) is 5.56 Å². The Morgan fingerprint density at radius 2 is 1.87 bits per heavy atom. The van der Waals surface area contributed by atoms with Crippen LogP contribution in [0.1, 0.15) is 13.8 Å². The molecule has 1 aromatic carbocycles. The summed E-state index contributed by atoms with van der Waals surface area (Å²) in [6.45, 7) is 3.58. The van der Waals surface area contributed by atoms with Crippen LogP contribution in [0.5, 0.6) is 0 Å². The first-order valence-electron chi connectivity index (χ1n) is 7.19. The van der Waals surface area contributed by atoms with Gasteiger partial charge in [-0.1, -0.05) is 13.8 Å². The van der Waals surface area contributed by atoms with E-state index in [4.69, 9.17) is 5.11 Å². The number of amides is 1. The number of tetrazole rings is 1. The second-order valence-corrected chi connectivity index (χ2v) is 6.28. The number of carbonyl (C=O) groups is 2. The first-order valence-corrected chi connectivity index (χ1v) is 7.19. The van der Waals surface area contributed by atoms with E-state index in [1.807, 2.05) is 0 Å². The van der Waals surface area contributed by atoms with Crippen molar-refractivity contribution in [2.45, 2.75) is 13.8 Å². The van der Waals surface area contributed by atoms with Gasteiger partial charge in [-0.25, -0.2) is 0 Å². The van der Waals surface area contributed by atoms with Crippen LogP contribution >= 0.6 is 0 Å². The molecule has 1 saturated carbocycles. The lowest BCUT2D eigenvalue weighted by Crippen LogP contribution is -2.17. The molecule has 8 heteroatoms. The molecule has 2 aromatic rings. The van der Waals surface area contributed by atoms with Crippen LogP contribution in [0.3, 0.4) is 0 Å². The largest absolute Gasteiger partial charge is 0.481 e. The van der Waals surface area contributed by atoms with Crippen molar-refractivity contribution >= 4 is 17.6 Å². The van der Waals surface area contributed by atoms with Crippen molar-refractivity contribution in [3.05, 3.63) is 24.3 Å². The maximum atomic E-state index is 12.3. The Hall–Kier alpha value is -2.77. The molecule has 2 N–H and O–H groups in total. The Balaban J connectivity index is 1.69. The molecule has 0 unspecified atom stereocenters. The predicted molar refractivity (Wildman–Crippen MR) is 81.3 cm³/mol. The average molecular weight is 315 g/mol. The van der Waals surface area contributed by atoms with Crippen molar-refractivity contribution in [1.82, 2.24) is 20.2 Å². The minimum absolute atomic E-state index is 0.271. The molecular formula is C15H17N5O3. The van der Waals surface area contributed by atoms with Crippen LogP contribution in [0.2, 0.25) is 0 Å². The standard InChI is InChI=1S/C15H17N5O3/c1-15(2)10(11(15)14(22)23)13(21)16-9-6-4-8(5-7-9)12-17-19-20(3)18-12/h4-7,10-11H,1-3H3,(H,16,21)(H,22,23)/t10-,11-/m1/s1. The summed E-state index contributed by atoms with van der Waals surface area (Å²) in [7, 11) is 1.68. The molecule has 0 bridgehead atoms. The van der Waals surface area contributed by atoms with Gasteiger partial charge in [0.2, 0.25) is 11.7 Å². The number of hydrogen-bond acceptors (Lipinski definition) is 5. The molecule has 0 saturated heterocycles. The van der Waals surface area contributed by atoms with Gasteiger partial charge in [0.05, 0.1) is 18.9 Å². The molecule has 1 aromatic heterocycles. The van der Waals surface area contributed by atoms with Crippen LogP contribution in [0.15, 0.2) is 24.3 Å². The number of nitrogens with zero attached hydrogens (tertiary/aromatic N) is 4. The smallest absolute Gasteiger partial charge is 0.307 e. The zero-order valence-corrected chi connectivity index (χ0v) is 13.0. The Labute approximate surface area is 132 Å². The number of benzene rings is 1.